The van der Waals surface area contributed by atoms with Crippen LogP contribution in [-0.2, 0) is 10.2 Å². The van der Waals surface area contributed by atoms with Gasteiger partial charge in [-0.2, -0.15) is 12.7 Å². The zero-order valence-electron chi connectivity index (χ0n) is 12.4. The Kier molecular flexibility index (Phi) is 5.08. The first kappa shape index (κ1) is 16.1. The van der Waals surface area contributed by atoms with Crippen molar-refractivity contribution in [2.24, 2.45) is 5.92 Å². The molecule has 1 saturated heterocycles. The summed E-state index contributed by atoms with van der Waals surface area (Å²) in [6.07, 6.45) is 1.63. The standard InChI is InChI=1S/C14H22N2O4S/c1-15(13-7-3-4-8-14(13)20-2)21(18,19)16-9-5-6-12(10-16)11-17/h3-4,7-8,12,17H,5-6,9-11H2,1-2H3. The molecule has 0 aromatic heterocycles. The van der Waals surface area contributed by atoms with Crippen LogP contribution in [0.15, 0.2) is 24.3 Å². The lowest BCUT2D eigenvalue weighted by Gasteiger charge is -2.34. The van der Waals surface area contributed by atoms with Gasteiger partial charge < -0.3 is 9.84 Å². The van der Waals surface area contributed by atoms with Crippen LogP contribution in [0, 0.1) is 5.92 Å². The molecule has 2 rings (SSSR count). The number of aliphatic hydroxyl groups excluding tert-OH is 1. The second-order valence-corrected chi connectivity index (χ2v) is 7.16. The number of anilines is 1. The molecule has 21 heavy (non-hydrogen) atoms. The number of nitrogens with zero attached hydrogens (tertiary/aromatic N) is 2. The maximum atomic E-state index is 12.7. The number of methoxy groups -OCH3 is 1. The second-order valence-electron chi connectivity index (χ2n) is 5.20. The van der Waals surface area contributed by atoms with Crippen molar-refractivity contribution < 1.29 is 18.3 Å². The highest BCUT2D eigenvalue weighted by atomic mass is 32.2. The minimum absolute atomic E-state index is 0.0135. The molecule has 0 amide bonds. The van der Waals surface area contributed by atoms with Gasteiger partial charge in [-0.3, -0.25) is 4.31 Å². The Morgan fingerprint density at radius 1 is 1.43 bits per heavy atom. The maximum absolute atomic E-state index is 12.7. The molecule has 1 heterocycles. The van der Waals surface area contributed by atoms with Crippen LogP contribution in [0.2, 0.25) is 0 Å². The summed E-state index contributed by atoms with van der Waals surface area (Å²) in [5, 5.41) is 9.26. The van der Waals surface area contributed by atoms with E-state index in [1.807, 2.05) is 0 Å². The molecule has 1 aliphatic rings. The van der Waals surface area contributed by atoms with Crippen molar-refractivity contribution >= 4 is 15.9 Å². The van der Waals surface area contributed by atoms with Crippen molar-refractivity contribution in [3.05, 3.63) is 24.3 Å². The van der Waals surface area contributed by atoms with Crippen molar-refractivity contribution in [3.8, 4) is 5.75 Å². The molecule has 1 aromatic rings. The first-order valence-electron chi connectivity index (χ1n) is 6.98. The van der Waals surface area contributed by atoms with E-state index >= 15 is 0 Å². The number of ether oxygens (including phenoxy) is 1. The average molecular weight is 314 g/mol. The smallest absolute Gasteiger partial charge is 0.303 e. The molecule has 1 atom stereocenters. The van der Waals surface area contributed by atoms with Crippen molar-refractivity contribution in [3.63, 3.8) is 0 Å². The monoisotopic (exact) mass is 314 g/mol. The van der Waals surface area contributed by atoms with Gasteiger partial charge in [0.05, 0.1) is 12.8 Å². The molecule has 1 aliphatic heterocycles. The molecule has 0 radical (unpaired) electrons. The molecular formula is C14H22N2O4S. The lowest BCUT2D eigenvalue weighted by Crippen LogP contribution is -2.47. The predicted octanol–water partition coefficient (Wildman–Crippen LogP) is 1.08. The molecule has 0 aliphatic carbocycles. The maximum Gasteiger partial charge on any atom is 0.303 e. The highest BCUT2D eigenvalue weighted by Gasteiger charge is 2.32. The molecule has 7 heteroatoms. The van der Waals surface area contributed by atoms with Gasteiger partial charge in [0.2, 0.25) is 0 Å². The predicted molar refractivity (Wildman–Crippen MR) is 81.7 cm³/mol. The Balaban J connectivity index is 2.26. The highest BCUT2D eigenvalue weighted by molar-refractivity contribution is 7.90. The average Bonchev–Trinajstić information content (AvgIpc) is 2.54. The molecule has 1 unspecified atom stereocenters. The SMILES string of the molecule is COc1ccccc1N(C)S(=O)(=O)N1CCCC(CO)C1. The van der Waals surface area contributed by atoms with Crippen molar-refractivity contribution in [2.45, 2.75) is 12.8 Å². The third-order valence-corrected chi connectivity index (χ3v) is 5.71. The van der Waals surface area contributed by atoms with E-state index in [0.717, 1.165) is 12.8 Å². The number of piperidine rings is 1. The quantitative estimate of drug-likeness (QED) is 0.883. The topological polar surface area (TPSA) is 70.1 Å². The normalized spacial score (nSPS) is 20.2. The van der Waals surface area contributed by atoms with E-state index in [1.54, 1.807) is 24.3 Å². The molecule has 0 saturated carbocycles. The Labute approximate surface area is 126 Å². The van der Waals surface area contributed by atoms with Gasteiger partial charge in [-0.15, -0.1) is 0 Å². The van der Waals surface area contributed by atoms with Crippen LogP contribution in [-0.4, -0.2) is 51.7 Å². The Bertz CT molecular complexity index is 576. The summed E-state index contributed by atoms with van der Waals surface area (Å²) in [5.41, 5.74) is 0.506. The van der Waals surface area contributed by atoms with E-state index in [0.29, 0.717) is 24.5 Å². The van der Waals surface area contributed by atoms with Gasteiger partial charge >= 0.3 is 10.2 Å². The van der Waals surface area contributed by atoms with Crippen LogP contribution in [0.5, 0.6) is 5.75 Å². The summed E-state index contributed by atoms with van der Waals surface area (Å²) < 4.78 is 33.4. The molecular weight excluding hydrogens is 292 g/mol. The van der Waals surface area contributed by atoms with Crippen LogP contribution in [0.25, 0.3) is 0 Å². The van der Waals surface area contributed by atoms with E-state index in [9.17, 15) is 13.5 Å². The summed E-state index contributed by atoms with van der Waals surface area (Å²) in [4.78, 5) is 0. The van der Waals surface area contributed by atoms with Crippen LogP contribution in [0.4, 0.5) is 5.69 Å². The van der Waals surface area contributed by atoms with E-state index < -0.39 is 10.2 Å². The Morgan fingerprint density at radius 3 is 2.81 bits per heavy atom. The van der Waals surface area contributed by atoms with E-state index in [1.165, 1.54) is 22.8 Å². The zero-order chi connectivity index (χ0) is 15.5. The molecule has 1 N–H and O–H groups in total. The number of hydrogen-bond acceptors (Lipinski definition) is 4. The molecule has 6 nitrogen and oxygen atoms in total. The number of para-hydroxylation sites is 2. The lowest BCUT2D eigenvalue weighted by atomic mass is 10.0. The van der Waals surface area contributed by atoms with E-state index in [2.05, 4.69) is 0 Å². The fourth-order valence-corrected chi connectivity index (χ4v) is 4.08. The van der Waals surface area contributed by atoms with Gasteiger partial charge in [0.25, 0.3) is 0 Å². The zero-order valence-corrected chi connectivity index (χ0v) is 13.2. The minimum Gasteiger partial charge on any atom is -0.495 e. The van der Waals surface area contributed by atoms with Gasteiger partial charge in [0, 0.05) is 26.7 Å². The lowest BCUT2D eigenvalue weighted by molar-refractivity contribution is 0.165. The van der Waals surface area contributed by atoms with Crippen molar-refractivity contribution in [1.29, 1.82) is 0 Å². The number of aliphatic hydroxyl groups is 1. The molecule has 1 aromatic carbocycles. The third kappa shape index (κ3) is 3.30. The molecule has 118 valence electrons. The fourth-order valence-electron chi connectivity index (χ4n) is 2.57. The van der Waals surface area contributed by atoms with Gasteiger partial charge in [-0.05, 0) is 30.9 Å². The number of benzene rings is 1. The van der Waals surface area contributed by atoms with E-state index in [-0.39, 0.29) is 12.5 Å². The minimum atomic E-state index is -3.62. The third-order valence-electron chi connectivity index (χ3n) is 3.84. The molecule has 0 bridgehead atoms. The van der Waals surface area contributed by atoms with Gasteiger partial charge in [-0.1, -0.05) is 12.1 Å². The Morgan fingerprint density at radius 2 is 2.14 bits per heavy atom. The van der Waals surface area contributed by atoms with Crippen molar-refractivity contribution in [2.75, 3.05) is 38.2 Å². The summed E-state index contributed by atoms with van der Waals surface area (Å²) in [6.45, 7) is 0.862. The second kappa shape index (κ2) is 6.64. The van der Waals surface area contributed by atoms with Crippen LogP contribution in [0.3, 0.4) is 0 Å². The largest absolute Gasteiger partial charge is 0.495 e. The van der Waals surface area contributed by atoms with Crippen LogP contribution < -0.4 is 9.04 Å². The first-order chi connectivity index (χ1) is 10.0. The van der Waals surface area contributed by atoms with Gasteiger partial charge in [-0.25, -0.2) is 0 Å². The van der Waals surface area contributed by atoms with Gasteiger partial charge in [0.15, 0.2) is 0 Å². The highest BCUT2D eigenvalue weighted by Crippen LogP contribution is 2.30. The first-order valence-corrected chi connectivity index (χ1v) is 8.38. The Hall–Kier alpha value is -1.31. The van der Waals surface area contributed by atoms with E-state index in [4.69, 9.17) is 4.74 Å². The summed E-state index contributed by atoms with van der Waals surface area (Å²) in [7, 11) is -0.576. The van der Waals surface area contributed by atoms with Crippen LogP contribution in [0.1, 0.15) is 12.8 Å². The fraction of sp³-hybridized carbons (Fsp3) is 0.571. The van der Waals surface area contributed by atoms with Gasteiger partial charge in [0.1, 0.15) is 5.75 Å². The summed E-state index contributed by atoms with van der Waals surface area (Å²) in [5.74, 6) is 0.527. The molecule has 0 spiro atoms. The molecule has 1 fully saturated rings. The summed E-state index contributed by atoms with van der Waals surface area (Å²) >= 11 is 0. The number of rotatable bonds is 5. The summed E-state index contributed by atoms with van der Waals surface area (Å²) in [6, 6.07) is 7.01. The number of hydrogen-bond donors (Lipinski definition) is 1. The van der Waals surface area contributed by atoms with Crippen molar-refractivity contribution in [1.82, 2.24) is 4.31 Å². The van der Waals surface area contributed by atoms with Crippen LogP contribution >= 0.6 is 0 Å².